The average molecular weight is 255 g/mol. The van der Waals surface area contributed by atoms with Gasteiger partial charge in [0.1, 0.15) is 5.82 Å². The number of hydrogen-bond donors (Lipinski definition) is 0. The molecule has 0 saturated carbocycles. The molecular formula is C13H16ClFN2. The maximum atomic E-state index is 12.9. The van der Waals surface area contributed by atoms with Gasteiger partial charge < -0.3 is 4.90 Å². The Morgan fingerprint density at radius 2 is 1.94 bits per heavy atom. The van der Waals surface area contributed by atoms with Gasteiger partial charge in [0.25, 0.3) is 0 Å². The minimum absolute atomic E-state index is 0.165. The molecule has 0 radical (unpaired) electrons. The summed E-state index contributed by atoms with van der Waals surface area (Å²) in [4.78, 5) is 4.87. The molecule has 2 fully saturated rings. The number of fused-ring (bicyclic) bond motifs is 2. The van der Waals surface area contributed by atoms with Gasteiger partial charge in [-0.3, -0.25) is 4.90 Å². The van der Waals surface area contributed by atoms with E-state index >= 15 is 0 Å². The van der Waals surface area contributed by atoms with E-state index in [-0.39, 0.29) is 5.82 Å². The fraction of sp³-hybridized carbons (Fsp3) is 0.538. The van der Waals surface area contributed by atoms with Crippen molar-refractivity contribution in [3.63, 3.8) is 0 Å². The van der Waals surface area contributed by atoms with Gasteiger partial charge in [-0.15, -0.1) is 11.6 Å². The largest absolute Gasteiger partial charge is 0.366 e. The lowest BCUT2D eigenvalue weighted by atomic mass is 10.2. The number of rotatable bonds is 3. The highest BCUT2D eigenvalue weighted by atomic mass is 35.5. The number of nitrogens with zero attached hydrogens (tertiary/aromatic N) is 2. The molecular weight excluding hydrogens is 239 g/mol. The minimum Gasteiger partial charge on any atom is -0.366 e. The van der Waals surface area contributed by atoms with Gasteiger partial charge in [0, 0.05) is 43.3 Å². The molecule has 2 aliphatic rings. The third kappa shape index (κ3) is 2.02. The second kappa shape index (κ2) is 4.46. The van der Waals surface area contributed by atoms with Crippen molar-refractivity contribution >= 4 is 17.3 Å². The van der Waals surface area contributed by atoms with Gasteiger partial charge in [0.2, 0.25) is 0 Å². The molecule has 1 aromatic rings. The monoisotopic (exact) mass is 254 g/mol. The van der Waals surface area contributed by atoms with E-state index in [1.54, 1.807) is 0 Å². The fourth-order valence-corrected chi connectivity index (χ4v) is 3.30. The zero-order valence-corrected chi connectivity index (χ0v) is 10.4. The first-order valence-electron chi connectivity index (χ1n) is 6.10. The maximum Gasteiger partial charge on any atom is 0.123 e. The number of hydrogen-bond acceptors (Lipinski definition) is 2. The summed E-state index contributed by atoms with van der Waals surface area (Å²) in [7, 11) is 0. The number of alkyl halides is 1. The quantitative estimate of drug-likeness (QED) is 0.764. The molecule has 0 aliphatic carbocycles. The van der Waals surface area contributed by atoms with Gasteiger partial charge in [-0.1, -0.05) is 0 Å². The van der Waals surface area contributed by atoms with Crippen molar-refractivity contribution in [1.29, 1.82) is 0 Å². The van der Waals surface area contributed by atoms with Crippen molar-refractivity contribution in [3.8, 4) is 0 Å². The molecule has 4 heteroatoms. The molecule has 0 amide bonds. The van der Waals surface area contributed by atoms with Gasteiger partial charge >= 0.3 is 0 Å². The van der Waals surface area contributed by atoms with Crippen LogP contribution in [0.25, 0.3) is 0 Å². The SMILES string of the molecule is Fc1ccc(N2CC3CC2CN3CCCl)cc1. The van der Waals surface area contributed by atoms with Gasteiger partial charge in [-0.2, -0.15) is 0 Å². The van der Waals surface area contributed by atoms with Crippen LogP contribution in [0.15, 0.2) is 24.3 Å². The van der Waals surface area contributed by atoms with E-state index in [0.29, 0.717) is 18.0 Å². The molecule has 2 nitrogen and oxygen atoms in total. The van der Waals surface area contributed by atoms with Crippen LogP contribution < -0.4 is 4.90 Å². The molecule has 2 bridgehead atoms. The predicted molar refractivity (Wildman–Crippen MR) is 68.2 cm³/mol. The van der Waals surface area contributed by atoms with Crippen LogP contribution in [-0.4, -0.2) is 42.5 Å². The van der Waals surface area contributed by atoms with Crippen LogP contribution in [0.3, 0.4) is 0 Å². The molecule has 0 N–H and O–H groups in total. The topological polar surface area (TPSA) is 6.48 Å². The van der Waals surface area contributed by atoms with E-state index in [9.17, 15) is 4.39 Å². The van der Waals surface area contributed by atoms with E-state index in [1.165, 1.54) is 18.6 Å². The molecule has 0 aromatic heterocycles. The Morgan fingerprint density at radius 1 is 1.18 bits per heavy atom. The summed E-state index contributed by atoms with van der Waals surface area (Å²) in [5.74, 6) is 0.543. The summed E-state index contributed by atoms with van der Waals surface area (Å²) >= 11 is 5.79. The number of piperazine rings is 1. The number of anilines is 1. The van der Waals surface area contributed by atoms with Crippen molar-refractivity contribution in [2.45, 2.75) is 18.5 Å². The third-order valence-electron chi connectivity index (χ3n) is 3.88. The molecule has 2 saturated heterocycles. The molecule has 1 aromatic carbocycles. The molecule has 2 aliphatic heterocycles. The number of likely N-dealkylation sites (tertiary alicyclic amines) is 1. The zero-order valence-electron chi connectivity index (χ0n) is 9.65. The van der Waals surface area contributed by atoms with Crippen molar-refractivity contribution in [3.05, 3.63) is 30.1 Å². The van der Waals surface area contributed by atoms with Crippen LogP contribution in [-0.2, 0) is 0 Å². The first-order chi connectivity index (χ1) is 8.28. The first kappa shape index (κ1) is 11.3. The summed E-state index contributed by atoms with van der Waals surface area (Å²) in [6.45, 7) is 3.13. The van der Waals surface area contributed by atoms with Gasteiger partial charge in [0.15, 0.2) is 0 Å². The lowest BCUT2D eigenvalue weighted by Crippen LogP contribution is -2.47. The Morgan fingerprint density at radius 3 is 2.53 bits per heavy atom. The smallest absolute Gasteiger partial charge is 0.123 e. The highest BCUT2D eigenvalue weighted by Crippen LogP contribution is 2.34. The van der Waals surface area contributed by atoms with Crippen LogP contribution >= 0.6 is 11.6 Å². The Balaban J connectivity index is 1.71. The number of halogens is 2. The molecule has 92 valence electrons. The summed E-state index contributed by atoms with van der Waals surface area (Å²) in [6.07, 6.45) is 1.22. The van der Waals surface area contributed by atoms with Crippen molar-refractivity contribution in [2.75, 3.05) is 30.4 Å². The van der Waals surface area contributed by atoms with Crippen molar-refractivity contribution in [1.82, 2.24) is 4.90 Å². The lowest BCUT2D eigenvalue weighted by Gasteiger charge is -2.35. The number of benzene rings is 1. The predicted octanol–water partition coefficient (Wildman–Crippen LogP) is 2.33. The fourth-order valence-electron chi connectivity index (χ4n) is 3.08. The standard InChI is InChI=1S/C13H16ClFN2/c14-5-6-16-8-13-7-12(16)9-17(13)11-3-1-10(15)2-4-11/h1-4,12-13H,5-9H2. The van der Waals surface area contributed by atoms with Crippen LogP contribution in [0, 0.1) is 5.82 Å². The molecule has 2 unspecified atom stereocenters. The molecule has 3 rings (SSSR count). The summed E-state index contributed by atoms with van der Waals surface area (Å²) in [5.41, 5.74) is 1.14. The lowest BCUT2D eigenvalue weighted by molar-refractivity contribution is 0.253. The van der Waals surface area contributed by atoms with Crippen molar-refractivity contribution in [2.24, 2.45) is 0 Å². The van der Waals surface area contributed by atoms with Gasteiger partial charge in [-0.25, -0.2) is 4.39 Å². The average Bonchev–Trinajstić information content (AvgIpc) is 2.90. The summed E-state index contributed by atoms with van der Waals surface area (Å²) in [5, 5.41) is 0. The Bertz CT molecular complexity index is 395. The van der Waals surface area contributed by atoms with Crippen LogP contribution in [0.5, 0.6) is 0 Å². The minimum atomic E-state index is -0.165. The van der Waals surface area contributed by atoms with E-state index in [2.05, 4.69) is 9.80 Å². The van der Waals surface area contributed by atoms with Crippen molar-refractivity contribution < 1.29 is 4.39 Å². The van der Waals surface area contributed by atoms with E-state index in [4.69, 9.17) is 11.6 Å². The van der Waals surface area contributed by atoms with E-state index in [0.717, 1.165) is 25.3 Å². The first-order valence-corrected chi connectivity index (χ1v) is 6.63. The third-order valence-corrected chi connectivity index (χ3v) is 4.05. The van der Waals surface area contributed by atoms with E-state index in [1.807, 2.05) is 12.1 Å². The highest BCUT2D eigenvalue weighted by Gasteiger charge is 2.42. The van der Waals surface area contributed by atoms with Crippen LogP contribution in [0.4, 0.5) is 10.1 Å². The van der Waals surface area contributed by atoms with Crippen LogP contribution in [0.2, 0.25) is 0 Å². The Labute approximate surface area is 106 Å². The van der Waals surface area contributed by atoms with E-state index < -0.39 is 0 Å². The molecule has 2 heterocycles. The molecule has 17 heavy (non-hydrogen) atoms. The van der Waals surface area contributed by atoms with Crippen LogP contribution in [0.1, 0.15) is 6.42 Å². The van der Waals surface area contributed by atoms with Gasteiger partial charge in [0.05, 0.1) is 0 Å². The Hall–Kier alpha value is -0.800. The summed E-state index contributed by atoms with van der Waals surface area (Å²) in [6, 6.07) is 8.04. The normalized spacial score (nSPS) is 28.0. The second-order valence-electron chi connectivity index (χ2n) is 4.86. The molecule has 2 atom stereocenters. The molecule has 0 spiro atoms. The van der Waals surface area contributed by atoms with Gasteiger partial charge in [-0.05, 0) is 30.7 Å². The summed E-state index contributed by atoms with van der Waals surface area (Å²) < 4.78 is 12.9. The second-order valence-corrected chi connectivity index (χ2v) is 5.23. The highest BCUT2D eigenvalue weighted by molar-refractivity contribution is 6.18. The zero-order chi connectivity index (χ0) is 11.8. The Kier molecular flexibility index (Phi) is 2.97. The maximum absolute atomic E-state index is 12.9.